The van der Waals surface area contributed by atoms with Crippen molar-refractivity contribution in [1.82, 2.24) is 29.2 Å². The molecular weight excluding hydrogens is 576 g/mol. The lowest BCUT2D eigenvalue weighted by Gasteiger charge is -2.34. The number of hydrogen-bond acceptors (Lipinski definition) is 9. The third kappa shape index (κ3) is 6.19. The second kappa shape index (κ2) is 12.3. The summed E-state index contributed by atoms with van der Waals surface area (Å²) in [4.78, 5) is 29.8. The van der Waals surface area contributed by atoms with Crippen LogP contribution >= 0.6 is 0 Å². The van der Waals surface area contributed by atoms with Gasteiger partial charge < -0.3 is 15.0 Å². The van der Waals surface area contributed by atoms with Crippen LogP contribution in [0.5, 0.6) is 0 Å². The van der Waals surface area contributed by atoms with E-state index in [0.717, 1.165) is 51.0 Å². The lowest BCUT2D eigenvalue weighted by molar-refractivity contribution is 0.0850. The van der Waals surface area contributed by atoms with Gasteiger partial charge in [0, 0.05) is 53.4 Å². The van der Waals surface area contributed by atoms with Crippen molar-refractivity contribution in [3.63, 3.8) is 0 Å². The van der Waals surface area contributed by atoms with Crippen molar-refractivity contribution < 1.29 is 8.95 Å². The molecule has 4 heterocycles. The predicted molar refractivity (Wildman–Crippen MR) is 175 cm³/mol. The number of anilines is 2. The van der Waals surface area contributed by atoms with Crippen LogP contribution in [-0.4, -0.2) is 79.3 Å². The Hall–Kier alpha value is -3.87. The van der Waals surface area contributed by atoms with Crippen molar-refractivity contribution in [3.8, 4) is 5.82 Å². The monoisotopic (exact) mass is 616 g/mol. The van der Waals surface area contributed by atoms with Gasteiger partial charge in [0.05, 0.1) is 6.54 Å². The van der Waals surface area contributed by atoms with Gasteiger partial charge in [-0.25, -0.2) is 23.5 Å². The molecule has 6 rings (SSSR count). The molecule has 2 aliphatic rings. The van der Waals surface area contributed by atoms with E-state index in [4.69, 9.17) is 9.72 Å². The molecule has 3 aromatic heterocycles. The minimum atomic E-state index is -2.43. The number of likely N-dealkylation sites (N-methyl/N-ethyl adjacent to an activating group) is 1. The average molecular weight is 617 g/mol. The molecule has 1 N–H and O–H groups in total. The number of rotatable bonds is 8. The minimum absolute atomic E-state index is 0.243. The largest absolute Gasteiger partial charge is 0.381 e. The molecule has 0 saturated carbocycles. The highest BCUT2D eigenvalue weighted by molar-refractivity contribution is 7.92. The molecule has 11 nitrogen and oxygen atoms in total. The molecule has 1 fully saturated rings. The maximum absolute atomic E-state index is 13.4. The van der Waals surface area contributed by atoms with Crippen molar-refractivity contribution >= 4 is 38.2 Å². The first-order valence-electron chi connectivity index (χ1n) is 15.0. The first-order valence-corrected chi connectivity index (χ1v) is 17.4. The van der Waals surface area contributed by atoms with E-state index in [1.54, 1.807) is 47.7 Å². The van der Waals surface area contributed by atoms with E-state index in [0.29, 0.717) is 40.6 Å². The highest BCUT2D eigenvalue weighted by Crippen LogP contribution is 2.38. The molecule has 12 heteroatoms. The number of hydrogen-bond donors (Lipinski definition) is 1. The van der Waals surface area contributed by atoms with Gasteiger partial charge in [-0.2, -0.15) is 9.35 Å². The Bertz CT molecular complexity index is 1890. The normalized spacial score (nSPS) is 17.5. The van der Waals surface area contributed by atoms with Crippen LogP contribution in [0.25, 0.3) is 16.9 Å². The lowest BCUT2D eigenvalue weighted by Crippen LogP contribution is -2.34. The standard InChI is InChI=1S/C32H40N8O3S/c1-6-14-39-31(41)27-20-33-32(36-30(27)40(39)29-9-7-8-28(35-29)37-44(4,5)42)34-23-17-22-10-11-24(38(2)3)19-26(22)25(18-23)21-12-15-43-16-13-21/h6-9,17-18,20-21,24H,1,10-16,19H2,2-5H3,(H,33,34,36). The quantitative estimate of drug-likeness (QED) is 0.286. The van der Waals surface area contributed by atoms with E-state index >= 15 is 0 Å². The second-order valence-electron chi connectivity index (χ2n) is 12.1. The number of nitrogens with zero attached hydrogens (tertiary/aromatic N) is 7. The molecule has 0 radical (unpaired) electrons. The second-order valence-corrected chi connectivity index (χ2v) is 14.7. The fraction of sp³-hybridized carbons (Fsp3) is 0.438. The van der Waals surface area contributed by atoms with Gasteiger partial charge in [-0.1, -0.05) is 12.1 Å². The Balaban J connectivity index is 1.43. The molecule has 44 heavy (non-hydrogen) atoms. The summed E-state index contributed by atoms with van der Waals surface area (Å²) >= 11 is 0. The van der Waals surface area contributed by atoms with Gasteiger partial charge in [0.2, 0.25) is 5.95 Å². The van der Waals surface area contributed by atoms with Crippen LogP contribution in [0.1, 0.15) is 41.9 Å². The number of benzene rings is 1. The molecule has 4 aromatic rings. The van der Waals surface area contributed by atoms with Crippen molar-refractivity contribution in [3.05, 3.63) is 76.2 Å². The van der Waals surface area contributed by atoms with E-state index < -0.39 is 9.73 Å². The van der Waals surface area contributed by atoms with E-state index in [-0.39, 0.29) is 12.1 Å². The van der Waals surface area contributed by atoms with Crippen molar-refractivity contribution in [2.24, 2.45) is 4.36 Å². The topological polar surface area (TPSA) is 120 Å². The molecule has 1 saturated heterocycles. The number of aromatic nitrogens is 5. The molecule has 232 valence electrons. The maximum atomic E-state index is 13.4. The number of fused-ring (bicyclic) bond motifs is 2. The summed E-state index contributed by atoms with van der Waals surface area (Å²) in [6, 6.07) is 10.2. The van der Waals surface area contributed by atoms with E-state index in [1.165, 1.54) is 21.4 Å². The van der Waals surface area contributed by atoms with Crippen LogP contribution in [-0.2, 0) is 33.9 Å². The van der Waals surface area contributed by atoms with Crippen LogP contribution in [0.4, 0.5) is 17.5 Å². The number of ether oxygens (including phenoxy) is 1. The molecule has 1 atom stereocenters. The van der Waals surface area contributed by atoms with E-state index in [9.17, 15) is 9.00 Å². The summed E-state index contributed by atoms with van der Waals surface area (Å²) in [6.45, 7) is 5.63. The molecule has 1 aliphatic heterocycles. The SMILES string of the molecule is C=CCn1c(=O)c2cnc(Nc3cc4c(c(C5CCOCC5)c3)CC(N(C)C)CC4)nc2n1-c1cccc(N=S(C)(C)=O)n1. The predicted octanol–water partition coefficient (Wildman–Crippen LogP) is 4.58. The third-order valence-corrected chi connectivity index (χ3v) is 9.07. The van der Waals surface area contributed by atoms with Gasteiger partial charge in [-0.3, -0.25) is 4.79 Å². The van der Waals surface area contributed by atoms with Gasteiger partial charge in [-0.05, 0) is 93.1 Å². The van der Waals surface area contributed by atoms with Crippen LogP contribution < -0.4 is 10.9 Å². The number of nitrogens with one attached hydrogen (secondary N) is 1. The number of allylic oxidation sites excluding steroid dienone is 1. The average Bonchev–Trinajstić information content (AvgIpc) is 3.26. The summed E-state index contributed by atoms with van der Waals surface area (Å²) in [5, 5.41) is 3.82. The summed E-state index contributed by atoms with van der Waals surface area (Å²) in [7, 11) is 1.91. The zero-order valence-corrected chi connectivity index (χ0v) is 26.6. The fourth-order valence-electron chi connectivity index (χ4n) is 6.32. The Morgan fingerprint density at radius 2 is 1.98 bits per heavy atom. The molecule has 0 spiro atoms. The van der Waals surface area contributed by atoms with Crippen LogP contribution in [0.3, 0.4) is 0 Å². The minimum Gasteiger partial charge on any atom is -0.381 e. The van der Waals surface area contributed by atoms with Crippen molar-refractivity contribution in [2.75, 3.05) is 45.1 Å². The molecule has 1 aliphatic carbocycles. The van der Waals surface area contributed by atoms with Gasteiger partial charge >= 0.3 is 0 Å². The highest BCUT2D eigenvalue weighted by atomic mass is 32.2. The van der Waals surface area contributed by atoms with Crippen LogP contribution in [0, 0.1) is 0 Å². The molecule has 1 unspecified atom stereocenters. The maximum Gasteiger partial charge on any atom is 0.278 e. The summed E-state index contributed by atoms with van der Waals surface area (Å²) in [5.74, 6) is 1.58. The Morgan fingerprint density at radius 1 is 1.18 bits per heavy atom. The Kier molecular flexibility index (Phi) is 8.40. The van der Waals surface area contributed by atoms with Crippen molar-refractivity contribution in [2.45, 2.75) is 50.6 Å². The van der Waals surface area contributed by atoms with Gasteiger partial charge in [-0.15, -0.1) is 6.58 Å². The number of aryl methyl sites for hydroxylation is 1. The first-order chi connectivity index (χ1) is 21.1. The lowest BCUT2D eigenvalue weighted by atomic mass is 9.79. The fourth-order valence-corrected chi connectivity index (χ4v) is 6.87. The smallest absolute Gasteiger partial charge is 0.278 e. The Labute approximate surface area is 258 Å². The summed E-state index contributed by atoms with van der Waals surface area (Å²) < 4.78 is 25.5. The molecule has 0 bridgehead atoms. The number of pyridine rings is 1. The molecule has 0 amide bonds. The summed E-state index contributed by atoms with van der Waals surface area (Å²) in [6.07, 6.45) is 11.5. The third-order valence-electron chi connectivity index (χ3n) is 8.44. The van der Waals surface area contributed by atoms with Crippen molar-refractivity contribution in [1.29, 1.82) is 0 Å². The molecular formula is C32H40N8O3S. The summed E-state index contributed by atoms with van der Waals surface area (Å²) in [5.41, 5.74) is 5.33. The highest BCUT2D eigenvalue weighted by Gasteiger charge is 2.28. The zero-order chi connectivity index (χ0) is 31.0. The molecule has 1 aromatic carbocycles. The van der Waals surface area contributed by atoms with Crippen LogP contribution in [0.15, 0.2) is 58.3 Å². The van der Waals surface area contributed by atoms with Crippen LogP contribution in [0.2, 0.25) is 0 Å². The van der Waals surface area contributed by atoms with E-state index in [1.807, 2.05) is 0 Å². The van der Waals surface area contributed by atoms with Gasteiger partial charge in [0.25, 0.3) is 5.56 Å². The Morgan fingerprint density at radius 3 is 2.70 bits per heavy atom. The van der Waals surface area contributed by atoms with E-state index in [2.05, 4.69) is 57.4 Å². The zero-order valence-electron chi connectivity index (χ0n) is 25.8. The van der Waals surface area contributed by atoms with Gasteiger partial charge in [0.1, 0.15) is 5.39 Å². The van der Waals surface area contributed by atoms with Gasteiger partial charge in [0.15, 0.2) is 17.3 Å². The first kappa shape index (κ1) is 30.2.